The second kappa shape index (κ2) is 4.54. The number of halogens is 1. The van der Waals surface area contributed by atoms with Crippen LogP contribution in [-0.4, -0.2) is 24.7 Å². The van der Waals surface area contributed by atoms with Crippen LogP contribution in [0.3, 0.4) is 0 Å². The Morgan fingerprint density at radius 2 is 2.38 bits per heavy atom. The van der Waals surface area contributed by atoms with Gasteiger partial charge >= 0.3 is 0 Å². The number of benzene rings is 1. The first-order chi connectivity index (χ1) is 7.68. The van der Waals surface area contributed by atoms with Crippen LogP contribution in [-0.2, 0) is 4.74 Å². The maximum absolute atomic E-state index is 13.1. The van der Waals surface area contributed by atoms with Gasteiger partial charge in [-0.25, -0.2) is 4.39 Å². The quantitative estimate of drug-likeness (QED) is 0.611. The van der Waals surface area contributed by atoms with Gasteiger partial charge in [0.2, 0.25) is 0 Å². The molecule has 16 heavy (non-hydrogen) atoms. The van der Waals surface area contributed by atoms with Crippen LogP contribution in [0.4, 0.5) is 10.1 Å². The zero-order valence-electron chi connectivity index (χ0n) is 8.48. The second-order valence-electron chi connectivity index (χ2n) is 3.54. The molecule has 1 fully saturated rings. The van der Waals surface area contributed by atoms with Crippen molar-refractivity contribution in [1.82, 2.24) is 5.32 Å². The summed E-state index contributed by atoms with van der Waals surface area (Å²) in [4.78, 5) is 10.3. The largest absolute Gasteiger partial charge is 0.378 e. The van der Waals surface area contributed by atoms with Crippen molar-refractivity contribution >= 4 is 5.69 Å². The first-order valence-electron chi connectivity index (χ1n) is 4.93. The fourth-order valence-corrected chi connectivity index (χ4v) is 1.74. The summed E-state index contributed by atoms with van der Waals surface area (Å²) in [5, 5.41) is 13.9. The summed E-state index contributed by atoms with van der Waals surface area (Å²) in [6.45, 7) is 1.50. The van der Waals surface area contributed by atoms with Gasteiger partial charge in [0.25, 0.3) is 5.69 Å². The van der Waals surface area contributed by atoms with Gasteiger partial charge in [0.15, 0.2) is 0 Å². The monoisotopic (exact) mass is 226 g/mol. The normalized spacial score (nSPS) is 20.7. The smallest absolute Gasteiger partial charge is 0.274 e. The highest BCUT2D eigenvalue weighted by Gasteiger charge is 2.24. The Balaban J connectivity index is 2.36. The van der Waals surface area contributed by atoms with Crippen LogP contribution >= 0.6 is 0 Å². The molecule has 0 amide bonds. The third-order valence-electron chi connectivity index (χ3n) is 2.48. The topological polar surface area (TPSA) is 64.4 Å². The maximum Gasteiger partial charge on any atom is 0.274 e. The molecule has 1 aliphatic heterocycles. The lowest BCUT2D eigenvalue weighted by molar-refractivity contribution is -0.385. The Kier molecular flexibility index (Phi) is 3.12. The van der Waals surface area contributed by atoms with Gasteiger partial charge in [-0.2, -0.15) is 0 Å². The molecule has 0 spiro atoms. The first-order valence-corrected chi connectivity index (χ1v) is 4.93. The fraction of sp³-hybridized carbons (Fsp3) is 0.400. The van der Waals surface area contributed by atoms with Crippen LogP contribution in [0.25, 0.3) is 0 Å². The Morgan fingerprint density at radius 3 is 3.00 bits per heavy atom. The highest BCUT2D eigenvalue weighted by atomic mass is 19.1. The second-order valence-corrected chi connectivity index (χ2v) is 3.54. The third-order valence-corrected chi connectivity index (χ3v) is 2.48. The molecular weight excluding hydrogens is 215 g/mol. The molecule has 1 N–H and O–H groups in total. The lowest BCUT2D eigenvalue weighted by atomic mass is 10.0. The van der Waals surface area contributed by atoms with E-state index in [2.05, 4.69) is 5.32 Å². The number of nitrogens with one attached hydrogen (secondary N) is 1. The van der Waals surface area contributed by atoms with E-state index in [0.717, 1.165) is 6.07 Å². The molecule has 2 rings (SSSR count). The summed E-state index contributed by atoms with van der Waals surface area (Å²) in [6, 6.07) is 3.14. The van der Waals surface area contributed by atoms with E-state index >= 15 is 0 Å². The molecule has 1 heterocycles. The number of hydrogen-bond acceptors (Lipinski definition) is 4. The zero-order chi connectivity index (χ0) is 11.5. The summed E-state index contributed by atoms with van der Waals surface area (Å²) in [5.41, 5.74) is 0.258. The van der Waals surface area contributed by atoms with Gasteiger partial charge < -0.3 is 10.1 Å². The van der Waals surface area contributed by atoms with Crippen molar-refractivity contribution in [2.45, 2.75) is 6.04 Å². The van der Waals surface area contributed by atoms with Crippen LogP contribution in [0.15, 0.2) is 18.2 Å². The van der Waals surface area contributed by atoms with Gasteiger partial charge in [0.1, 0.15) is 5.82 Å². The van der Waals surface area contributed by atoms with E-state index in [-0.39, 0.29) is 11.7 Å². The van der Waals surface area contributed by atoms with Crippen molar-refractivity contribution in [2.24, 2.45) is 0 Å². The summed E-state index contributed by atoms with van der Waals surface area (Å²) in [5.74, 6) is -0.479. The number of morpholine rings is 1. The highest BCUT2D eigenvalue weighted by Crippen LogP contribution is 2.27. The lowest BCUT2D eigenvalue weighted by Gasteiger charge is -2.23. The Labute approximate surface area is 91.4 Å². The molecule has 86 valence electrons. The molecule has 5 nitrogen and oxygen atoms in total. The predicted octanol–water partition coefficient (Wildman–Crippen LogP) is 1.39. The number of hydrogen-bond donors (Lipinski definition) is 1. The van der Waals surface area contributed by atoms with Crippen molar-refractivity contribution < 1.29 is 14.1 Å². The van der Waals surface area contributed by atoms with Crippen LogP contribution in [0, 0.1) is 15.9 Å². The van der Waals surface area contributed by atoms with Crippen LogP contribution in [0.5, 0.6) is 0 Å². The molecule has 1 saturated heterocycles. The zero-order valence-corrected chi connectivity index (χ0v) is 8.48. The standard InChI is InChI=1S/C10H11FN2O3/c11-7-1-2-10(13(14)15)8(5-7)9-6-16-4-3-12-9/h1-2,5,9,12H,3-4,6H2/t9-/m0/s1. The predicted molar refractivity (Wildman–Crippen MR) is 54.6 cm³/mol. The Hall–Kier alpha value is -1.53. The summed E-state index contributed by atoms with van der Waals surface area (Å²) >= 11 is 0. The molecule has 0 radical (unpaired) electrons. The van der Waals surface area contributed by atoms with E-state index in [1.54, 1.807) is 0 Å². The summed E-state index contributed by atoms with van der Waals surface area (Å²) < 4.78 is 18.3. The molecule has 1 aliphatic rings. The molecule has 1 atom stereocenters. The minimum absolute atomic E-state index is 0.0793. The minimum Gasteiger partial charge on any atom is -0.378 e. The maximum atomic E-state index is 13.1. The van der Waals surface area contributed by atoms with Gasteiger partial charge in [-0.3, -0.25) is 10.1 Å². The average molecular weight is 226 g/mol. The number of nitro groups is 1. The molecular formula is C10H11FN2O3. The number of nitro benzene ring substituents is 1. The molecule has 1 aromatic rings. The molecule has 0 unspecified atom stereocenters. The van der Waals surface area contributed by atoms with Gasteiger partial charge in [0.05, 0.1) is 29.7 Å². The van der Waals surface area contributed by atoms with Gasteiger partial charge in [-0.05, 0) is 12.1 Å². The molecule has 0 aromatic heterocycles. The van der Waals surface area contributed by atoms with E-state index in [0.29, 0.717) is 25.3 Å². The van der Waals surface area contributed by atoms with Crippen LogP contribution < -0.4 is 5.32 Å². The van der Waals surface area contributed by atoms with Crippen LogP contribution in [0.1, 0.15) is 11.6 Å². The van der Waals surface area contributed by atoms with E-state index in [4.69, 9.17) is 4.74 Å². The Morgan fingerprint density at radius 1 is 1.56 bits per heavy atom. The van der Waals surface area contributed by atoms with Crippen molar-refractivity contribution in [3.63, 3.8) is 0 Å². The Bertz CT molecular complexity index is 405. The first kappa shape index (κ1) is 11.0. The third kappa shape index (κ3) is 2.17. The molecule has 0 bridgehead atoms. The number of nitrogens with zero attached hydrogens (tertiary/aromatic N) is 1. The highest BCUT2D eigenvalue weighted by molar-refractivity contribution is 5.42. The van der Waals surface area contributed by atoms with E-state index in [1.807, 2.05) is 0 Å². The molecule has 1 aromatic carbocycles. The van der Waals surface area contributed by atoms with Crippen molar-refractivity contribution in [2.75, 3.05) is 19.8 Å². The summed E-state index contributed by atoms with van der Waals surface area (Å²) in [7, 11) is 0. The average Bonchev–Trinajstić information content (AvgIpc) is 2.29. The molecule has 6 heteroatoms. The van der Waals surface area contributed by atoms with Crippen molar-refractivity contribution in [3.8, 4) is 0 Å². The lowest BCUT2D eigenvalue weighted by Crippen LogP contribution is -2.34. The SMILES string of the molecule is O=[N+]([O-])c1ccc(F)cc1[C@@H]1COCCN1. The van der Waals surface area contributed by atoms with Crippen molar-refractivity contribution in [1.29, 1.82) is 0 Å². The van der Waals surface area contributed by atoms with E-state index < -0.39 is 10.7 Å². The van der Waals surface area contributed by atoms with Gasteiger partial charge in [0, 0.05) is 12.6 Å². The number of rotatable bonds is 2. The van der Waals surface area contributed by atoms with E-state index in [1.165, 1.54) is 12.1 Å². The fourth-order valence-electron chi connectivity index (χ4n) is 1.74. The van der Waals surface area contributed by atoms with Crippen LogP contribution in [0.2, 0.25) is 0 Å². The summed E-state index contributed by atoms with van der Waals surface area (Å²) in [6.07, 6.45) is 0. The van der Waals surface area contributed by atoms with E-state index in [9.17, 15) is 14.5 Å². The van der Waals surface area contributed by atoms with Gasteiger partial charge in [-0.1, -0.05) is 0 Å². The molecule has 0 aliphatic carbocycles. The molecule has 0 saturated carbocycles. The number of ether oxygens (including phenoxy) is 1. The van der Waals surface area contributed by atoms with Gasteiger partial charge in [-0.15, -0.1) is 0 Å². The minimum atomic E-state index is -0.509. The van der Waals surface area contributed by atoms with Crippen molar-refractivity contribution in [3.05, 3.63) is 39.7 Å².